The number of hydrogen-bond acceptors (Lipinski definition) is 6. The maximum absolute atomic E-state index is 10.7. The number of rotatable bonds is 4. The van der Waals surface area contributed by atoms with Gasteiger partial charge in [0.1, 0.15) is 6.26 Å². The zero-order valence-corrected chi connectivity index (χ0v) is 11.0. The Hall–Kier alpha value is -2.54. The number of pyridine rings is 1. The Morgan fingerprint density at radius 3 is 2.85 bits per heavy atom. The Labute approximate surface area is 117 Å². The van der Waals surface area contributed by atoms with E-state index in [1.807, 2.05) is 17.5 Å². The van der Waals surface area contributed by atoms with Crippen molar-refractivity contribution < 1.29 is 14.3 Å². The average Bonchev–Trinajstić information content (AvgIpc) is 3.10. The van der Waals surface area contributed by atoms with Gasteiger partial charge in [-0.25, -0.2) is 14.8 Å². The molecule has 3 aromatic heterocycles. The van der Waals surface area contributed by atoms with Crippen molar-refractivity contribution in [2.75, 3.05) is 0 Å². The van der Waals surface area contributed by atoms with E-state index in [4.69, 9.17) is 9.52 Å². The number of carboxylic acid groups (broad SMARTS) is 1. The van der Waals surface area contributed by atoms with Gasteiger partial charge in [0.15, 0.2) is 5.69 Å². The highest BCUT2D eigenvalue weighted by Gasteiger charge is 2.11. The van der Waals surface area contributed by atoms with E-state index in [0.717, 1.165) is 23.2 Å². The summed E-state index contributed by atoms with van der Waals surface area (Å²) < 4.78 is 5.09. The van der Waals surface area contributed by atoms with Crippen LogP contribution in [-0.4, -0.2) is 26.0 Å². The number of carboxylic acids is 1. The maximum atomic E-state index is 10.7. The topological polar surface area (TPSA) is 89.1 Å². The Bertz CT molecular complexity index is 720. The Kier molecular flexibility index (Phi) is 3.26. The minimum atomic E-state index is -1.10. The first-order chi connectivity index (χ1) is 9.72. The molecule has 6 nitrogen and oxygen atoms in total. The summed E-state index contributed by atoms with van der Waals surface area (Å²) in [5, 5.41) is 10.7. The lowest BCUT2D eigenvalue weighted by Gasteiger charge is -1.99. The van der Waals surface area contributed by atoms with Gasteiger partial charge in [-0.3, -0.25) is 4.98 Å². The van der Waals surface area contributed by atoms with Gasteiger partial charge in [0.05, 0.1) is 17.6 Å². The Balaban J connectivity index is 1.76. The third kappa shape index (κ3) is 2.57. The largest absolute Gasteiger partial charge is 0.476 e. The molecule has 0 radical (unpaired) electrons. The summed E-state index contributed by atoms with van der Waals surface area (Å²) in [5.41, 5.74) is 4.25. The minimum absolute atomic E-state index is 0.0981. The standard InChI is InChI=1S/C13H9N3O3S/c17-13(18)10-5-19-12(16-10)3-9-2-1-8(4-14-9)11-6-20-7-15-11/h1-2,4-7H,3H2,(H,17,18). The van der Waals surface area contributed by atoms with Crippen LogP contribution in [0.5, 0.6) is 0 Å². The van der Waals surface area contributed by atoms with Gasteiger partial charge >= 0.3 is 5.97 Å². The van der Waals surface area contributed by atoms with Crippen LogP contribution in [0.1, 0.15) is 22.1 Å². The van der Waals surface area contributed by atoms with Gasteiger partial charge in [0.25, 0.3) is 0 Å². The first kappa shape index (κ1) is 12.5. The molecule has 0 atom stereocenters. The first-order valence-corrected chi connectivity index (χ1v) is 6.68. The fourth-order valence-electron chi connectivity index (χ4n) is 1.68. The Morgan fingerprint density at radius 2 is 2.25 bits per heavy atom. The van der Waals surface area contributed by atoms with Crippen molar-refractivity contribution in [2.45, 2.75) is 6.42 Å². The van der Waals surface area contributed by atoms with Gasteiger partial charge in [-0.2, -0.15) is 0 Å². The van der Waals surface area contributed by atoms with Crippen LogP contribution < -0.4 is 0 Å². The number of thiazole rings is 1. The second-order valence-electron chi connectivity index (χ2n) is 4.02. The average molecular weight is 287 g/mol. The molecule has 0 bridgehead atoms. The normalized spacial score (nSPS) is 10.6. The molecule has 0 fully saturated rings. The molecule has 0 aliphatic heterocycles. The molecule has 100 valence electrons. The Morgan fingerprint density at radius 1 is 1.35 bits per heavy atom. The van der Waals surface area contributed by atoms with Crippen LogP contribution in [0.15, 0.2) is 39.9 Å². The van der Waals surface area contributed by atoms with Gasteiger partial charge in [-0.1, -0.05) is 0 Å². The van der Waals surface area contributed by atoms with Crippen LogP contribution in [-0.2, 0) is 6.42 Å². The third-order valence-corrected chi connectivity index (χ3v) is 3.24. The summed E-state index contributed by atoms with van der Waals surface area (Å²) >= 11 is 1.53. The van der Waals surface area contributed by atoms with Gasteiger partial charge in [-0.05, 0) is 12.1 Å². The van der Waals surface area contributed by atoms with Crippen molar-refractivity contribution in [3.63, 3.8) is 0 Å². The van der Waals surface area contributed by atoms with E-state index in [-0.39, 0.29) is 5.69 Å². The second kappa shape index (κ2) is 5.22. The lowest BCUT2D eigenvalue weighted by atomic mass is 10.2. The monoisotopic (exact) mass is 287 g/mol. The molecule has 0 aliphatic carbocycles. The number of hydrogen-bond donors (Lipinski definition) is 1. The van der Waals surface area contributed by atoms with E-state index in [2.05, 4.69) is 15.0 Å². The first-order valence-electron chi connectivity index (χ1n) is 5.73. The zero-order valence-electron chi connectivity index (χ0n) is 10.2. The summed E-state index contributed by atoms with van der Waals surface area (Å²) in [7, 11) is 0. The highest BCUT2D eigenvalue weighted by atomic mass is 32.1. The molecule has 3 aromatic rings. The van der Waals surface area contributed by atoms with Gasteiger partial charge in [-0.15, -0.1) is 11.3 Å². The summed E-state index contributed by atoms with van der Waals surface area (Å²) in [5.74, 6) is -0.775. The predicted molar refractivity (Wildman–Crippen MR) is 71.6 cm³/mol. The smallest absolute Gasteiger partial charge is 0.357 e. The summed E-state index contributed by atoms with van der Waals surface area (Å²) in [6, 6.07) is 3.76. The van der Waals surface area contributed by atoms with Crippen molar-refractivity contribution in [1.29, 1.82) is 0 Å². The maximum Gasteiger partial charge on any atom is 0.357 e. The second-order valence-corrected chi connectivity index (χ2v) is 4.74. The SMILES string of the molecule is O=C(O)c1coc(Cc2ccc(-c3cscn3)cn2)n1. The molecule has 0 spiro atoms. The van der Waals surface area contributed by atoms with Gasteiger partial charge < -0.3 is 9.52 Å². The zero-order chi connectivity index (χ0) is 13.9. The highest BCUT2D eigenvalue weighted by Crippen LogP contribution is 2.18. The van der Waals surface area contributed by atoms with E-state index in [1.165, 1.54) is 11.3 Å². The molecule has 0 saturated carbocycles. The molecule has 0 aliphatic rings. The lowest BCUT2D eigenvalue weighted by Crippen LogP contribution is -1.98. The molecular weight excluding hydrogens is 278 g/mol. The summed E-state index contributed by atoms with van der Waals surface area (Å²) in [4.78, 5) is 23.1. The molecule has 0 aromatic carbocycles. The highest BCUT2D eigenvalue weighted by molar-refractivity contribution is 7.07. The number of oxazole rings is 1. The molecule has 3 heterocycles. The van der Waals surface area contributed by atoms with E-state index in [0.29, 0.717) is 12.3 Å². The van der Waals surface area contributed by atoms with Gasteiger partial charge in [0.2, 0.25) is 5.89 Å². The van der Waals surface area contributed by atoms with Crippen LogP contribution >= 0.6 is 11.3 Å². The quantitative estimate of drug-likeness (QED) is 0.793. The van der Waals surface area contributed by atoms with E-state index >= 15 is 0 Å². The van der Waals surface area contributed by atoms with Crippen LogP contribution in [0.3, 0.4) is 0 Å². The summed E-state index contributed by atoms with van der Waals surface area (Å²) in [6.45, 7) is 0. The van der Waals surface area contributed by atoms with E-state index in [1.54, 1.807) is 11.7 Å². The molecule has 7 heteroatoms. The molecule has 0 unspecified atom stereocenters. The molecule has 3 rings (SSSR count). The van der Waals surface area contributed by atoms with Gasteiger partial charge in [0, 0.05) is 22.8 Å². The number of nitrogens with zero attached hydrogens (tertiary/aromatic N) is 3. The molecule has 1 N–H and O–H groups in total. The van der Waals surface area contributed by atoms with Crippen molar-refractivity contribution >= 4 is 17.3 Å². The van der Waals surface area contributed by atoms with E-state index < -0.39 is 5.97 Å². The fraction of sp³-hybridized carbons (Fsp3) is 0.0769. The molecule has 20 heavy (non-hydrogen) atoms. The lowest BCUT2D eigenvalue weighted by molar-refractivity contribution is 0.0690. The van der Waals surface area contributed by atoms with Crippen LogP contribution in [0.4, 0.5) is 0 Å². The molecular formula is C13H9N3O3S. The van der Waals surface area contributed by atoms with Crippen LogP contribution in [0.2, 0.25) is 0 Å². The van der Waals surface area contributed by atoms with Crippen LogP contribution in [0.25, 0.3) is 11.3 Å². The summed E-state index contributed by atoms with van der Waals surface area (Å²) in [6.07, 6.45) is 3.21. The predicted octanol–water partition coefficient (Wildman–Crippen LogP) is 2.48. The number of aromatic nitrogens is 3. The van der Waals surface area contributed by atoms with Crippen molar-refractivity contribution in [1.82, 2.24) is 15.0 Å². The van der Waals surface area contributed by atoms with Crippen molar-refractivity contribution in [2.24, 2.45) is 0 Å². The molecule has 0 amide bonds. The van der Waals surface area contributed by atoms with Crippen LogP contribution in [0, 0.1) is 0 Å². The number of carbonyl (C=O) groups is 1. The minimum Gasteiger partial charge on any atom is -0.476 e. The number of aromatic carboxylic acids is 1. The third-order valence-electron chi connectivity index (χ3n) is 2.66. The van der Waals surface area contributed by atoms with Crippen molar-refractivity contribution in [3.8, 4) is 11.3 Å². The molecule has 0 saturated heterocycles. The van der Waals surface area contributed by atoms with E-state index in [9.17, 15) is 4.79 Å². The fourth-order valence-corrected chi connectivity index (χ4v) is 2.24. The van der Waals surface area contributed by atoms with Crippen molar-refractivity contribution in [3.05, 3.63) is 52.8 Å².